The monoisotopic (exact) mass is 429 g/mol. The summed E-state index contributed by atoms with van der Waals surface area (Å²) in [6.45, 7) is 6.13. The molecule has 0 amide bonds. The second-order valence-corrected chi connectivity index (χ2v) is 8.96. The average molecular weight is 430 g/mol. The summed E-state index contributed by atoms with van der Waals surface area (Å²) in [5.74, 6) is 0. The zero-order chi connectivity index (χ0) is 21.4. The highest BCUT2D eigenvalue weighted by Gasteiger charge is 2.18. The minimum absolute atomic E-state index is 0.385. The van der Waals surface area contributed by atoms with Gasteiger partial charge in [-0.25, -0.2) is 4.52 Å². The van der Waals surface area contributed by atoms with Gasteiger partial charge in [0.25, 0.3) is 0 Å². The molecule has 0 aromatic carbocycles. The highest BCUT2D eigenvalue weighted by molar-refractivity contribution is 7.99. The van der Waals surface area contributed by atoms with Crippen LogP contribution in [0, 0.1) is 25.2 Å². The predicted octanol–water partition coefficient (Wildman–Crippen LogP) is 4.16. The molecule has 0 bridgehead atoms. The number of hydrogen-bond acceptors (Lipinski definition) is 6. The maximum Gasteiger partial charge on any atom is 0.103 e. The fourth-order valence-electron chi connectivity index (χ4n) is 4.09. The van der Waals surface area contributed by atoms with Crippen LogP contribution in [0.15, 0.2) is 52.9 Å². The molecule has 5 rings (SSSR count). The first kappa shape index (κ1) is 19.8. The number of pyridine rings is 2. The van der Waals surface area contributed by atoms with Crippen LogP contribution >= 0.6 is 11.8 Å². The van der Waals surface area contributed by atoms with Crippen molar-refractivity contribution in [3.05, 3.63) is 59.9 Å². The van der Waals surface area contributed by atoms with Crippen molar-refractivity contribution in [2.75, 3.05) is 13.1 Å². The van der Waals surface area contributed by atoms with Crippen molar-refractivity contribution in [1.82, 2.24) is 29.7 Å². The minimum Gasteiger partial charge on any atom is -0.315 e. The van der Waals surface area contributed by atoms with Gasteiger partial charge in [0.2, 0.25) is 0 Å². The largest absolute Gasteiger partial charge is 0.315 e. The van der Waals surface area contributed by atoms with Gasteiger partial charge in [-0.1, -0.05) is 11.8 Å². The number of hydrogen-bond donors (Lipinski definition) is 1. The topological polar surface area (TPSA) is 83.8 Å². The van der Waals surface area contributed by atoms with Crippen LogP contribution < -0.4 is 5.32 Å². The Morgan fingerprint density at radius 3 is 2.87 bits per heavy atom. The Morgan fingerprint density at radius 1 is 1.19 bits per heavy atom. The van der Waals surface area contributed by atoms with E-state index in [9.17, 15) is 5.26 Å². The van der Waals surface area contributed by atoms with E-state index >= 15 is 0 Å². The summed E-state index contributed by atoms with van der Waals surface area (Å²) < 4.78 is 3.87. The number of nitrogens with zero attached hydrogens (tertiary/aromatic N) is 6. The van der Waals surface area contributed by atoms with E-state index in [0.717, 1.165) is 57.2 Å². The van der Waals surface area contributed by atoms with Crippen molar-refractivity contribution in [2.45, 2.75) is 42.5 Å². The number of nitrogens with one attached hydrogen (secondary N) is 1. The van der Waals surface area contributed by atoms with E-state index in [2.05, 4.69) is 50.4 Å². The third kappa shape index (κ3) is 3.71. The molecule has 1 aliphatic heterocycles. The Labute approximate surface area is 185 Å². The molecule has 0 saturated carbocycles. The fourth-order valence-corrected chi connectivity index (χ4v) is 5.23. The maximum absolute atomic E-state index is 9.61. The molecule has 1 fully saturated rings. The molecule has 5 heterocycles. The number of aromatic nitrogens is 5. The molecule has 0 unspecified atom stereocenters. The lowest BCUT2D eigenvalue weighted by Crippen LogP contribution is -2.31. The van der Waals surface area contributed by atoms with Gasteiger partial charge in [-0.3, -0.25) is 9.67 Å². The first-order valence-corrected chi connectivity index (χ1v) is 11.2. The zero-order valence-corrected chi connectivity index (χ0v) is 18.4. The number of rotatable bonds is 4. The molecule has 4 aromatic rings. The summed E-state index contributed by atoms with van der Waals surface area (Å²) in [4.78, 5) is 6.55. The lowest BCUT2D eigenvalue weighted by Gasteiger charge is -2.22. The molecule has 7 nitrogen and oxygen atoms in total. The van der Waals surface area contributed by atoms with Gasteiger partial charge >= 0.3 is 0 Å². The molecule has 1 atom stereocenters. The molecular weight excluding hydrogens is 406 g/mol. The third-order valence-corrected chi connectivity index (χ3v) is 7.12. The molecule has 0 radical (unpaired) electrons. The smallest absolute Gasteiger partial charge is 0.103 e. The molecule has 31 heavy (non-hydrogen) atoms. The fraction of sp³-hybridized carbons (Fsp3) is 0.304. The molecule has 1 aliphatic rings. The summed E-state index contributed by atoms with van der Waals surface area (Å²) >= 11 is 1.64. The lowest BCUT2D eigenvalue weighted by atomic mass is 10.1. The van der Waals surface area contributed by atoms with Gasteiger partial charge in [-0.05, 0) is 50.9 Å². The van der Waals surface area contributed by atoms with Crippen molar-refractivity contribution in [3.63, 3.8) is 0 Å². The second-order valence-electron chi connectivity index (χ2n) is 7.91. The van der Waals surface area contributed by atoms with E-state index in [1.807, 2.05) is 31.6 Å². The lowest BCUT2D eigenvalue weighted by molar-refractivity contribution is 0.347. The van der Waals surface area contributed by atoms with Crippen molar-refractivity contribution in [3.8, 4) is 17.2 Å². The van der Waals surface area contributed by atoms with Gasteiger partial charge in [-0.15, -0.1) is 0 Å². The van der Waals surface area contributed by atoms with E-state index in [-0.39, 0.29) is 0 Å². The number of nitriles is 1. The van der Waals surface area contributed by atoms with Crippen molar-refractivity contribution < 1.29 is 0 Å². The van der Waals surface area contributed by atoms with Crippen LogP contribution in [0.1, 0.15) is 35.7 Å². The molecule has 1 saturated heterocycles. The SMILES string of the molecule is Cc1ccnc(C)c1Sc1cc(-c2cnn([C@@H]3CCCNC3)c2)cn2ncc(C#N)c12. The van der Waals surface area contributed by atoms with Crippen LogP contribution in [0.5, 0.6) is 0 Å². The predicted molar refractivity (Wildman–Crippen MR) is 120 cm³/mol. The first-order valence-electron chi connectivity index (χ1n) is 10.4. The standard InChI is InChI=1S/C23H23N7S/c1-15-5-7-26-16(2)23(15)31-21-8-17(13-30-22(21)18(9-24)10-28-30)19-11-27-29(14-19)20-4-3-6-25-12-20/h5,7-8,10-11,13-14,20,25H,3-4,6,12H2,1-2H3/t20-/m1/s1. The van der Waals surface area contributed by atoms with Crippen LogP contribution in [-0.4, -0.2) is 37.5 Å². The number of fused-ring (bicyclic) bond motifs is 1. The van der Waals surface area contributed by atoms with Gasteiger partial charge in [0.05, 0.1) is 35.2 Å². The van der Waals surface area contributed by atoms with Crippen LogP contribution in [0.2, 0.25) is 0 Å². The highest BCUT2D eigenvalue weighted by Crippen LogP contribution is 2.38. The Kier molecular flexibility index (Phi) is 5.22. The highest BCUT2D eigenvalue weighted by atomic mass is 32.2. The van der Waals surface area contributed by atoms with Crippen LogP contribution in [0.4, 0.5) is 0 Å². The molecule has 0 spiro atoms. The van der Waals surface area contributed by atoms with Gasteiger partial charge in [-0.2, -0.15) is 15.5 Å². The van der Waals surface area contributed by atoms with Crippen molar-refractivity contribution in [2.24, 2.45) is 0 Å². The van der Waals surface area contributed by atoms with Gasteiger partial charge in [0, 0.05) is 46.1 Å². The summed E-state index contributed by atoms with van der Waals surface area (Å²) in [7, 11) is 0. The van der Waals surface area contributed by atoms with Gasteiger partial charge < -0.3 is 5.32 Å². The van der Waals surface area contributed by atoms with Crippen LogP contribution in [0.25, 0.3) is 16.6 Å². The Hall–Kier alpha value is -3.15. The quantitative estimate of drug-likeness (QED) is 0.524. The summed E-state index contributed by atoms with van der Waals surface area (Å²) in [5, 5.41) is 22.1. The van der Waals surface area contributed by atoms with Crippen LogP contribution in [0.3, 0.4) is 0 Å². The Morgan fingerprint density at radius 2 is 2.10 bits per heavy atom. The molecule has 0 aliphatic carbocycles. The molecular formula is C23H23N7S. The van der Waals surface area contributed by atoms with E-state index in [1.165, 1.54) is 6.42 Å². The summed E-state index contributed by atoms with van der Waals surface area (Å²) in [6, 6.07) is 6.81. The average Bonchev–Trinajstić information content (AvgIpc) is 3.44. The summed E-state index contributed by atoms with van der Waals surface area (Å²) in [6.07, 6.45) is 11.8. The normalized spacial score (nSPS) is 16.5. The van der Waals surface area contributed by atoms with E-state index < -0.39 is 0 Å². The molecule has 1 N–H and O–H groups in total. The van der Waals surface area contributed by atoms with Crippen molar-refractivity contribution >= 4 is 17.3 Å². The Bertz CT molecular complexity index is 1270. The van der Waals surface area contributed by atoms with E-state index in [4.69, 9.17) is 0 Å². The number of aryl methyl sites for hydroxylation is 2. The second kappa shape index (κ2) is 8.17. The minimum atomic E-state index is 0.385. The summed E-state index contributed by atoms with van der Waals surface area (Å²) in [5.41, 5.74) is 5.60. The first-order chi connectivity index (χ1) is 15.1. The van der Waals surface area contributed by atoms with Gasteiger partial charge in [0.15, 0.2) is 0 Å². The van der Waals surface area contributed by atoms with E-state index in [1.54, 1.807) is 22.5 Å². The van der Waals surface area contributed by atoms with Crippen LogP contribution in [-0.2, 0) is 0 Å². The van der Waals surface area contributed by atoms with E-state index in [0.29, 0.717) is 11.6 Å². The third-order valence-electron chi connectivity index (χ3n) is 5.77. The van der Waals surface area contributed by atoms with Gasteiger partial charge in [0.1, 0.15) is 6.07 Å². The number of piperidine rings is 1. The van der Waals surface area contributed by atoms with Crippen molar-refractivity contribution in [1.29, 1.82) is 5.26 Å². The Balaban J connectivity index is 1.59. The maximum atomic E-state index is 9.61. The molecule has 156 valence electrons. The molecule has 4 aromatic heterocycles. The zero-order valence-electron chi connectivity index (χ0n) is 17.5. The molecule has 8 heteroatoms.